The zero-order valence-corrected chi connectivity index (χ0v) is 7.69. The third-order valence-electron chi connectivity index (χ3n) is 2.42. The molecule has 0 radical (unpaired) electrons. The van der Waals surface area contributed by atoms with Crippen LogP contribution in [0.3, 0.4) is 0 Å². The minimum atomic E-state index is 0.429. The number of nitrogen functional groups attached to an aromatic ring is 1. The van der Waals surface area contributed by atoms with Crippen LogP contribution < -0.4 is 5.73 Å². The van der Waals surface area contributed by atoms with Gasteiger partial charge in [-0.25, -0.2) is 0 Å². The normalized spacial score (nSPS) is 11.5. The predicted molar refractivity (Wildman–Crippen MR) is 54.1 cm³/mol. The lowest BCUT2D eigenvalue weighted by Crippen LogP contribution is -1.88. The largest absolute Gasteiger partial charge is 0.407 e. The molecule has 4 heteroatoms. The van der Waals surface area contributed by atoms with Crippen molar-refractivity contribution in [2.45, 2.75) is 6.92 Å². The highest BCUT2D eigenvalue weighted by Gasteiger charge is 2.12. The number of hydrogen-bond acceptors (Lipinski definition) is 3. The fourth-order valence-corrected chi connectivity index (χ4v) is 1.68. The van der Waals surface area contributed by atoms with Gasteiger partial charge in [0.05, 0.1) is 16.7 Å². The summed E-state index contributed by atoms with van der Waals surface area (Å²) in [5.74, 6) is 0.986. The first-order valence-corrected chi connectivity index (χ1v) is 4.39. The van der Waals surface area contributed by atoms with Gasteiger partial charge in [0.1, 0.15) is 0 Å². The fourth-order valence-electron chi connectivity index (χ4n) is 1.68. The predicted octanol–water partition coefficient (Wildman–Crippen LogP) is 1.97. The smallest absolute Gasteiger partial charge is 0.308 e. The van der Waals surface area contributed by atoms with Gasteiger partial charge in [-0.1, -0.05) is 12.1 Å². The number of para-hydroxylation sites is 2. The lowest BCUT2D eigenvalue weighted by atomic mass is 10.3. The summed E-state index contributed by atoms with van der Waals surface area (Å²) in [7, 11) is 0. The molecule has 0 bridgehead atoms. The van der Waals surface area contributed by atoms with Gasteiger partial charge in [-0.15, -0.1) is 0 Å². The van der Waals surface area contributed by atoms with Crippen LogP contribution in [0.4, 0.5) is 5.88 Å². The van der Waals surface area contributed by atoms with Crippen LogP contribution >= 0.6 is 0 Å². The minimum absolute atomic E-state index is 0.429. The Morgan fingerprint density at radius 3 is 3.00 bits per heavy atom. The summed E-state index contributed by atoms with van der Waals surface area (Å²) in [6, 6.07) is 7.87. The summed E-state index contributed by atoms with van der Waals surface area (Å²) in [5.41, 5.74) is 8.51. The number of nitrogens with zero attached hydrogens (tertiary/aromatic N) is 2. The molecule has 3 aromatic rings. The highest BCUT2D eigenvalue weighted by atomic mass is 16.4. The molecule has 1 aromatic carbocycles. The average Bonchev–Trinajstić information content (AvgIpc) is 2.65. The second kappa shape index (κ2) is 2.29. The highest BCUT2D eigenvalue weighted by molar-refractivity contribution is 5.80. The molecular formula is C10H9N3O. The second-order valence-corrected chi connectivity index (χ2v) is 3.27. The van der Waals surface area contributed by atoms with Crippen molar-refractivity contribution >= 4 is 22.8 Å². The van der Waals surface area contributed by atoms with Crippen molar-refractivity contribution in [2.24, 2.45) is 0 Å². The van der Waals surface area contributed by atoms with E-state index in [1.165, 1.54) is 0 Å². The Hall–Kier alpha value is -1.97. The van der Waals surface area contributed by atoms with Crippen LogP contribution in [-0.4, -0.2) is 9.38 Å². The summed E-state index contributed by atoms with van der Waals surface area (Å²) < 4.78 is 7.23. The van der Waals surface area contributed by atoms with Gasteiger partial charge in [0.2, 0.25) is 5.88 Å². The minimum Gasteiger partial charge on any atom is -0.407 e. The van der Waals surface area contributed by atoms with E-state index in [0.29, 0.717) is 11.7 Å². The summed E-state index contributed by atoms with van der Waals surface area (Å²) >= 11 is 0. The van der Waals surface area contributed by atoms with E-state index in [1.807, 2.05) is 35.6 Å². The molecule has 0 fully saturated rings. The number of hydrogen-bond donors (Lipinski definition) is 1. The monoisotopic (exact) mass is 187 g/mol. The van der Waals surface area contributed by atoms with Crippen molar-refractivity contribution in [2.75, 3.05) is 5.73 Å². The molecule has 0 aliphatic carbocycles. The van der Waals surface area contributed by atoms with Crippen molar-refractivity contribution in [3.63, 3.8) is 0 Å². The maximum atomic E-state index is 5.66. The van der Waals surface area contributed by atoms with Gasteiger partial charge in [0, 0.05) is 0 Å². The van der Waals surface area contributed by atoms with Crippen LogP contribution in [-0.2, 0) is 0 Å². The number of anilines is 1. The molecule has 0 aliphatic heterocycles. The van der Waals surface area contributed by atoms with Crippen LogP contribution in [0.1, 0.15) is 5.69 Å². The van der Waals surface area contributed by atoms with Crippen molar-refractivity contribution in [3.05, 3.63) is 30.0 Å². The van der Waals surface area contributed by atoms with Crippen LogP contribution in [0, 0.1) is 6.92 Å². The molecule has 0 saturated carbocycles. The van der Waals surface area contributed by atoms with Crippen molar-refractivity contribution in [3.8, 4) is 0 Å². The molecule has 0 spiro atoms. The summed E-state index contributed by atoms with van der Waals surface area (Å²) in [4.78, 5) is 4.31. The van der Waals surface area contributed by atoms with E-state index < -0.39 is 0 Å². The summed E-state index contributed by atoms with van der Waals surface area (Å²) in [6.07, 6.45) is 0. The van der Waals surface area contributed by atoms with Gasteiger partial charge >= 0.3 is 5.84 Å². The van der Waals surface area contributed by atoms with E-state index in [4.69, 9.17) is 10.2 Å². The van der Waals surface area contributed by atoms with Crippen molar-refractivity contribution in [1.29, 1.82) is 0 Å². The van der Waals surface area contributed by atoms with Crippen LogP contribution in [0.5, 0.6) is 0 Å². The lowest BCUT2D eigenvalue weighted by molar-refractivity contribution is 0.616. The number of fused-ring (bicyclic) bond motifs is 3. The highest BCUT2D eigenvalue weighted by Crippen LogP contribution is 2.23. The number of imidazole rings is 1. The molecule has 2 N–H and O–H groups in total. The molecule has 0 aliphatic rings. The van der Waals surface area contributed by atoms with Gasteiger partial charge in [-0.3, -0.25) is 4.40 Å². The molecule has 0 amide bonds. The van der Waals surface area contributed by atoms with Gasteiger partial charge in [-0.05, 0) is 19.1 Å². The maximum absolute atomic E-state index is 5.66. The first-order chi connectivity index (χ1) is 6.77. The maximum Gasteiger partial charge on any atom is 0.308 e. The number of aromatic nitrogens is 2. The Bertz CT molecular complexity index is 621. The van der Waals surface area contributed by atoms with Crippen LogP contribution in [0.25, 0.3) is 16.9 Å². The standard InChI is InChI=1S/C10H9N3O/c1-6-9(11)14-10-12-7-4-2-3-5-8(7)13(6)10/h2-5H,11H2,1H3. The number of nitrogens with two attached hydrogens (primary N) is 1. The first kappa shape index (κ1) is 7.44. The Labute approximate surface area is 80.0 Å². The molecule has 14 heavy (non-hydrogen) atoms. The van der Waals surface area contributed by atoms with E-state index in [9.17, 15) is 0 Å². The van der Waals surface area contributed by atoms with Crippen molar-refractivity contribution in [1.82, 2.24) is 9.38 Å². The molecular weight excluding hydrogens is 178 g/mol. The molecule has 70 valence electrons. The average molecular weight is 187 g/mol. The van der Waals surface area contributed by atoms with Gasteiger partial charge in [0.15, 0.2) is 0 Å². The summed E-state index contributed by atoms with van der Waals surface area (Å²) in [5, 5.41) is 0. The fraction of sp³-hybridized carbons (Fsp3) is 0.100. The SMILES string of the molecule is Cc1c(N)oc2nc3ccccc3n12. The van der Waals surface area contributed by atoms with E-state index in [2.05, 4.69) is 4.98 Å². The zero-order valence-electron chi connectivity index (χ0n) is 7.69. The Morgan fingerprint density at radius 1 is 1.36 bits per heavy atom. The van der Waals surface area contributed by atoms with Crippen molar-refractivity contribution < 1.29 is 4.42 Å². The molecule has 2 aromatic heterocycles. The van der Waals surface area contributed by atoms with E-state index in [-0.39, 0.29) is 0 Å². The third kappa shape index (κ3) is 0.750. The zero-order chi connectivity index (χ0) is 9.71. The number of benzene rings is 1. The van der Waals surface area contributed by atoms with Crippen LogP contribution in [0.15, 0.2) is 28.7 Å². The van der Waals surface area contributed by atoms with Gasteiger partial charge in [-0.2, -0.15) is 4.98 Å². The topological polar surface area (TPSA) is 56.5 Å². The molecule has 2 heterocycles. The molecule has 0 saturated heterocycles. The molecule has 0 unspecified atom stereocenters. The number of rotatable bonds is 0. The van der Waals surface area contributed by atoms with Crippen LogP contribution in [0.2, 0.25) is 0 Å². The molecule has 3 rings (SSSR count). The lowest BCUT2D eigenvalue weighted by Gasteiger charge is -1.91. The number of aryl methyl sites for hydroxylation is 1. The Kier molecular flexibility index (Phi) is 1.21. The summed E-state index contributed by atoms with van der Waals surface area (Å²) in [6.45, 7) is 1.92. The van der Waals surface area contributed by atoms with E-state index in [1.54, 1.807) is 0 Å². The molecule has 0 atom stereocenters. The Morgan fingerprint density at radius 2 is 2.14 bits per heavy atom. The second-order valence-electron chi connectivity index (χ2n) is 3.27. The van der Waals surface area contributed by atoms with E-state index in [0.717, 1.165) is 16.7 Å². The molecule has 4 nitrogen and oxygen atoms in total. The van der Waals surface area contributed by atoms with Gasteiger partial charge in [0.25, 0.3) is 0 Å². The van der Waals surface area contributed by atoms with Gasteiger partial charge < -0.3 is 10.2 Å². The first-order valence-electron chi connectivity index (χ1n) is 4.39. The Balaban J connectivity index is 2.62. The number of oxazole rings is 1. The quantitative estimate of drug-likeness (QED) is 0.585. The van der Waals surface area contributed by atoms with E-state index >= 15 is 0 Å². The third-order valence-corrected chi connectivity index (χ3v) is 2.42.